The van der Waals surface area contributed by atoms with E-state index in [9.17, 15) is 27.7 Å². The van der Waals surface area contributed by atoms with Crippen LogP contribution in [0.2, 0.25) is 0 Å². The van der Waals surface area contributed by atoms with Crippen LogP contribution in [0.4, 0.5) is 10.1 Å². The molecule has 0 aliphatic heterocycles. The second-order valence-electron chi connectivity index (χ2n) is 4.47. The molecule has 0 aliphatic carbocycles. The molecule has 1 amide bonds. The van der Waals surface area contributed by atoms with Gasteiger partial charge >= 0.3 is 15.9 Å². The Morgan fingerprint density at radius 1 is 1.43 bits per heavy atom. The zero-order chi connectivity index (χ0) is 16.4. The number of hydrogen-bond acceptors (Lipinski definition) is 5. The molecule has 1 rings (SSSR count). The molecular weight excluding hydrogens is 305 g/mol. The highest BCUT2D eigenvalue weighted by atomic mass is 32.2. The maximum atomic E-state index is 13.2. The highest BCUT2D eigenvalue weighted by Crippen LogP contribution is 2.18. The summed E-state index contributed by atoms with van der Waals surface area (Å²) in [4.78, 5) is 21.4. The third kappa shape index (κ3) is 3.95. The van der Waals surface area contributed by atoms with Gasteiger partial charge in [-0.05, 0) is 26.0 Å². The van der Waals surface area contributed by atoms with Crippen LogP contribution in [0.5, 0.6) is 0 Å². The van der Waals surface area contributed by atoms with Gasteiger partial charge in [-0.15, -0.1) is 0 Å². The molecule has 1 N–H and O–H groups in total. The predicted molar refractivity (Wildman–Crippen MR) is 72.3 cm³/mol. The Hall–Kier alpha value is -2.07. The van der Waals surface area contributed by atoms with E-state index in [1.54, 1.807) is 18.6 Å². The van der Waals surface area contributed by atoms with E-state index in [0.717, 1.165) is 16.4 Å². The van der Waals surface area contributed by atoms with Gasteiger partial charge in [-0.1, -0.05) is 0 Å². The molecule has 116 valence electrons. The van der Waals surface area contributed by atoms with Crippen LogP contribution in [0, 0.1) is 15.9 Å². The van der Waals surface area contributed by atoms with E-state index in [4.69, 9.17) is 0 Å². The summed E-state index contributed by atoms with van der Waals surface area (Å²) in [6, 6.07) is 1.97. The molecule has 0 spiro atoms. The minimum absolute atomic E-state index is 0.330. The lowest BCUT2D eigenvalue weighted by atomic mass is 10.2. The molecule has 0 saturated heterocycles. The molecule has 0 aromatic heterocycles. The monoisotopic (exact) mass is 319 g/mol. The molecule has 0 unspecified atom stereocenters. The number of nitro groups is 1. The van der Waals surface area contributed by atoms with Gasteiger partial charge in [0.2, 0.25) is 5.82 Å². The van der Waals surface area contributed by atoms with Crippen LogP contribution in [0.25, 0.3) is 0 Å². The quantitative estimate of drug-likeness (QED) is 0.644. The van der Waals surface area contributed by atoms with Crippen molar-refractivity contribution in [1.29, 1.82) is 0 Å². The smallest absolute Gasteiger partial charge is 0.268 e. The van der Waals surface area contributed by atoms with Crippen LogP contribution < -0.4 is 4.72 Å². The zero-order valence-corrected chi connectivity index (χ0v) is 12.3. The maximum Gasteiger partial charge on any atom is 0.305 e. The van der Waals surface area contributed by atoms with Crippen LogP contribution in [-0.2, 0) is 10.2 Å². The summed E-state index contributed by atoms with van der Waals surface area (Å²) in [6.07, 6.45) is 0. The summed E-state index contributed by atoms with van der Waals surface area (Å²) in [6.45, 7) is 3.21. The van der Waals surface area contributed by atoms with E-state index >= 15 is 0 Å². The Kier molecular flexibility index (Phi) is 4.97. The molecular formula is C11H14FN3O5S. The van der Waals surface area contributed by atoms with E-state index in [2.05, 4.69) is 0 Å². The Bertz CT molecular complexity index is 674. The Morgan fingerprint density at radius 2 is 2.00 bits per heavy atom. The Morgan fingerprint density at radius 3 is 2.48 bits per heavy atom. The van der Waals surface area contributed by atoms with Crippen molar-refractivity contribution in [2.45, 2.75) is 19.9 Å². The van der Waals surface area contributed by atoms with Gasteiger partial charge in [0.1, 0.15) is 0 Å². The van der Waals surface area contributed by atoms with Crippen molar-refractivity contribution in [3.05, 3.63) is 39.7 Å². The molecule has 0 bridgehead atoms. The van der Waals surface area contributed by atoms with Gasteiger partial charge in [0, 0.05) is 24.7 Å². The fraction of sp³-hybridized carbons (Fsp3) is 0.364. The Balaban J connectivity index is 3.06. The average Bonchev–Trinajstić information content (AvgIpc) is 2.37. The van der Waals surface area contributed by atoms with Crippen molar-refractivity contribution in [3.8, 4) is 0 Å². The van der Waals surface area contributed by atoms with Crippen molar-refractivity contribution in [2.24, 2.45) is 0 Å². The van der Waals surface area contributed by atoms with Crippen molar-refractivity contribution < 1.29 is 22.5 Å². The molecule has 0 fully saturated rings. The number of rotatable bonds is 5. The minimum atomic E-state index is -4.08. The number of carbonyl (C=O) groups is 1. The number of nitro benzene ring substituents is 1. The lowest BCUT2D eigenvalue weighted by Crippen LogP contribution is -2.44. The fourth-order valence-electron chi connectivity index (χ4n) is 1.32. The topological polar surface area (TPSA) is 110 Å². The number of amides is 1. The summed E-state index contributed by atoms with van der Waals surface area (Å²) < 4.78 is 39.5. The van der Waals surface area contributed by atoms with E-state index < -0.39 is 38.6 Å². The van der Waals surface area contributed by atoms with Gasteiger partial charge < -0.3 is 0 Å². The molecule has 8 nitrogen and oxygen atoms in total. The lowest BCUT2D eigenvalue weighted by Gasteiger charge is -2.20. The van der Waals surface area contributed by atoms with Crippen molar-refractivity contribution >= 4 is 21.8 Å². The second kappa shape index (κ2) is 6.14. The van der Waals surface area contributed by atoms with Gasteiger partial charge in [0.15, 0.2) is 0 Å². The average molecular weight is 319 g/mol. The fourth-order valence-corrected chi connectivity index (χ4v) is 2.37. The third-order valence-corrected chi connectivity index (χ3v) is 4.36. The molecule has 1 aromatic carbocycles. The lowest BCUT2D eigenvalue weighted by molar-refractivity contribution is -0.387. The van der Waals surface area contributed by atoms with Gasteiger partial charge in [-0.25, -0.2) is 4.72 Å². The first-order chi connectivity index (χ1) is 9.56. The summed E-state index contributed by atoms with van der Waals surface area (Å²) in [5.74, 6) is -2.19. The van der Waals surface area contributed by atoms with Crippen LogP contribution >= 0.6 is 0 Å². The molecule has 0 aliphatic rings. The highest BCUT2D eigenvalue weighted by Gasteiger charge is 2.25. The van der Waals surface area contributed by atoms with E-state index in [1.807, 2.05) is 0 Å². The Labute approximate surface area is 120 Å². The van der Waals surface area contributed by atoms with Crippen LogP contribution in [0.15, 0.2) is 18.2 Å². The zero-order valence-electron chi connectivity index (χ0n) is 11.5. The van der Waals surface area contributed by atoms with Crippen LogP contribution in [0.1, 0.15) is 24.2 Å². The molecule has 21 heavy (non-hydrogen) atoms. The first-order valence-electron chi connectivity index (χ1n) is 5.80. The van der Waals surface area contributed by atoms with Crippen molar-refractivity contribution in [2.75, 3.05) is 7.05 Å². The van der Waals surface area contributed by atoms with E-state index in [-0.39, 0.29) is 5.56 Å². The number of nitrogens with zero attached hydrogens (tertiary/aromatic N) is 2. The molecule has 0 saturated carbocycles. The first-order valence-corrected chi connectivity index (χ1v) is 7.24. The van der Waals surface area contributed by atoms with Gasteiger partial charge in [0.05, 0.1) is 4.92 Å². The number of nitrogens with one attached hydrogen (secondary N) is 1. The molecule has 0 atom stereocenters. The maximum absolute atomic E-state index is 13.2. The normalized spacial score (nSPS) is 11.7. The molecule has 1 aromatic rings. The first kappa shape index (κ1) is 17.0. The van der Waals surface area contributed by atoms with Crippen LogP contribution in [0.3, 0.4) is 0 Å². The SMILES string of the molecule is CC(C)N(C)S(=O)(=O)NC(=O)c1ccc(F)c([N+](=O)[O-])c1. The highest BCUT2D eigenvalue weighted by molar-refractivity contribution is 7.87. The summed E-state index contributed by atoms with van der Waals surface area (Å²) in [5, 5.41) is 10.6. The number of benzene rings is 1. The van der Waals surface area contributed by atoms with Gasteiger partial charge in [-0.2, -0.15) is 17.1 Å². The number of hydrogen-bond donors (Lipinski definition) is 1. The van der Waals surface area contributed by atoms with E-state index in [1.165, 1.54) is 7.05 Å². The summed E-state index contributed by atoms with van der Waals surface area (Å²) in [5.41, 5.74) is -1.24. The summed E-state index contributed by atoms with van der Waals surface area (Å²) >= 11 is 0. The minimum Gasteiger partial charge on any atom is -0.268 e. The number of carbonyl (C=O) groups excluding carboxylic acids is 1. The second-order valence-corrected chi connectivity index (χ2v) is 6.20. The largest absolute Gasteiger partial charge is 0.305 e. The molecule has 0 radical (unpaired) electrons. The van der Waals surface area contributed by atoms with Crippen molar-refractivity contribution in [3.63, 3.8) is 0 Å². The molecule has 10 heteroatoms. The van der Waals surface area contributed by atoms with Crippen LogP contribution in [-0.4, -0.2) is 36.6 Å². The summed E-state index contributed by atoms with van der Waals surface area (Å²) in [7, 11) is -2.81. The standard InChI is InChI=1S/C11H14FN3O5S/c1-7(2)14(3)21(19,20)13-11(16)8-4-5-9(12)10(6-8)15(17)18/h4-7H,1-3H3,(H,13,16). The molecule has 0 heterocycles. The van der Waals surface area contributed by atoms with Crippen molar-refractivity contribution in [1.82, 2.24) is 9.03 Å². The van der Waals surface area contributed by atoms with Gasteiger partial charge in [0.25, 0.3) is 5.91 Å². The third-order valence-electron chi connectivity index (χ3n) is 2.73. The predicted octanol–water partition coefficient (Wildman–Crippen LogP) is 1.05. The number of halogens is 1. The van der Waals surface area contributed by atoms with Gasteiger partial charge in [-0.3, -0.25) is 14.9 Å². The van der Waals surface area contributed by atoms with E-state index in [0.29, 0.717) is 6.07 Å².